The number of unbranched alkanes of at least 4 members (excludes halogenated alkanes) is 3. The number of para-hydroxylation sites is 1. The molecule has 0 amide bonds. The molecule has 0 fully saturated rings. The van der Waals surface area contributed by atoms with Gasteiger partial charge in [0.2, 0.25) is 3.57 Å². The molecule has 1 nitrogen and oxygen atoms in total. The highest BCUT2D eigenvalue weighted by molar-refractivity contribution is 5.21. The van der Waals surface area contributed by atoms with Crippen LogP contribution in [0.2, 0.25) is 0 Å². The summed E-state index contributed by atoms with van der Waals surface area (Å²) < 4.78 is 9.05. The number of hydrogen-bond acceptors (Lipinski definition) is 1. The van der Waals surface area contributed by atoms with Crippen LogP contribution in [0.5, 0.6) is 5.75 Å². The Labute approximate surface area is 145 Å². The van der Waals surface area contributed by atoms with E-state index in [-0.39, 0.29) is 21.2 Å². The fourth-order valence-corrected chi connectivity index (χ4v) is 4.75. The third-order valence-corrected chi connectivity index (χ3v) is 6.39. The fraction of sp³-hybridized carbons (Fsp3) is 0.400. The van der Waals surface area contributed by atoms with Gasteiger partial charge in [0, 0.05) is 0 Å². The third kappa shape index (κ3) is 5.99. The molecule has 0 spiro atoms. The Morgan fingerprint density at radius 3 is 2.41 bits per heavy atom. The standard InChI is InChI=1S/C20H26IO/c1-3-4-5-7-12-17(2)22-20-16-11-10-15-19(20)21-18-13-8-6-9-14-18/h6,8-11,13-17H,3-5,7,12H2,1-2H3/q+1/t17-/m1/s1. The van der Waals surface area contributed by atoms with E-state index in [1.54, 1.807) is 0 Å². The Balaban J connectivity index is 1.93. The molecule has 0 aromatic heterocycles. The molecule has 1 atom stereocenters. The molecule has 2 rings (SSSR count). The summed E-state index contributed by atoms with van der Waals surface area (Å²) in [6.07, 6.45) is 6.67. The Kier molecular flexibility index (Phi) is 7.78. The van der Waals surface area contributed by atoms with E-state index in [4.69, 9.17) is 4.74 Å². The zero-order valence-electron chi connectivity index (χ0n) is 13.6. The molecule has 2 aromatic carbocycles. The molecule has 0 heterocycles. The first-order chi connectivity index (χ1) is 10.8. The summed E-state index contributed by atoms with van der Waals surface area (Å²) in [6, 6.07) is 19.3. The molecule has 0 saturated carbocycles. The van der Waals surface area contributed by atoms with Crippen molar-refractivity contribution in [1.29, 1.82) is 0 Å². The molecule has 0 N–H and O–H groups in total. The first kappa shape index (κ1) is 17.3. The van der Waals surface area contributed by atoms with Crippen LogP contribution in [-0.4, -0.2) is 6.10 Å². The molecular weight excluding hydrogens is 383 g/mol. The monoisotopic (exact) mass is 409 g/mol. The lowest BCUT2D eigenvalue weighted by Crippen LogP contribution is -3.61. The van der Waals surface area contributed by atoms with Gasteiger partial charge in [0.15, 0.2) is 9.32 Å². The molecule has 0 aliphatic heterocycles. The predicted molar refractivity (Wildman–Crippen MR) is 89.1 cm³/mol. The van der Waals surface area contributed by atoms with Crippen LogP contribution in [0, 0.1) is 7.14 Å². The van der Waals surface area contributed by atoms with E-state index < -0.39 is 0 Å². The van der Waals surface area contributed by atoms with Gasteiger partial charge in [-0.25, -0.2) is 0 Å². The summed E-state index contributed by atoms with van der Waals surface area (Å²) in [5.74, 6) is 1.09. The number of rotatable bonds is 9. The van der Waals surface area contributed by atoms with Crippen molar-refractivity contribution in [2.75, 3.05) is 0 Å². The second kappa shape index (κ2) is 9.88. The highest BCUT2D eigenvalue weighted by Gasteiger charge is 2.21. The quantitative estimate of drug-likeness (QED) is 0.457. The highest BCUT2D eigenvalue weighted by atomic mass is 127. The second-order valence-electron chi connectivity index (χ2n) is 5.60. The normalized spacial score (nSPS) is 12.1. The van der Waals surface area contributed by atoms with Gasteiger partial charge in [-0.1, -0.05) is 56.5 Å². The lowest BCUT2D eigenvalue weighted by Gasteiger charge is -2.14. The van der Waals surface area contributed by atoms with Gasteiger partial charge in [-0.05, 0) is 44.0 Å². The van der Waals surface area contributed by atoms with Gasteiger partial charge >= 0.3 is 21.2 Å². The molecular formula is C20H26IO+. The molecule has 0 aliphatic rings. The Bertz CT molecular complexity index is 538. The van der Waals surface area contributed by atoms with Crippen molar-refractivity contribution >= 4 is 0 Å². The van der Waals surface area contributed by atoms with Gasteiger partial charge in [0.25, 0.3) is 0 Å². The van der Waals surface area contributed by atoms with Crippen molar-refractivity contribution < 1.29 is 25.9 Å². The maximum atomic E-state index is 6.23. The lowest BCUT2D eigenvalue weighted by molar-refractivity contribution is -0.598. The van der Waals surface area contributed by atoms with E-state index >= 15 is 0 Å². The van der Waals surface area contributed by atoms with E-state index in [2.05, 4.69) is 68.4 Å². The fourth-order valence-electron chi connectivity index (χ4n) is 2.35. The van der Waals surface area contributed by atoms with Crippen LogP contribution in [0.4, 0.5) is 0 Å². The van der Waals surface area contributed by atoms with Crippen LogP contribution in [0.25, 0.3) is 0 Å². The highest BCUT2D eigenvalue weighted by Crippen LogP contribution is 2.15. The van der Waals surface area contributed by atoms with Crippen LogP contribution in [-0.2, 0) is 0 Å². The summed E-state index contributed by atoms with van der Waals surface area (Å²) in [4.78, 5) is 0. The van der Waals surface area contributed by atoms with Gasteiger partial charge < -0.3 is 4.74 Å². The van der Waals surface area contributed by atoms with Gasteiger partial charge in [0.05, 0.1) is 6.10 Å². The van der Waals surface area contributed by atoms with Gasteiger partial charge in [0.1, 0.15) is 0 Å². The maximum absolute atomic E-state index is 6.23. The van der Waals surface area contributed by atoms with Crippen molar-refractivity contribution in [3.63, 3.8) is 0 Å². The van der Waals surface area contributed by atoms with E-state index in [9.17, 15) is 0 Å². The molecule has 2 aromatic rings. The second-order valence-corrected chi connectivity index (χ2v) is 8.55. The first-order valence-corrected chi connectivity index (χ1v) is 10.4. The third-order valence-electron chi connectivity index (χ3n) is 3.57. The summed E-state index contributed by atoms with van der Waals surface area (Å²) in [5.41, 5.74) is 0. The maximum Gasteiger partial charge on any atom is 0.362 e. The minimum Gasteiger partial charge on any atom is -0.486 e. The van der Waals surface area contributed by atoms with E-state index in [0.717, 1.165) is 12.2 Å². The zero-order valence-corrected chi connectivity index (χ0v) is 15.8. The summed E-state index contributed by atoms with van der Waals surface area (Å²) in [6.45, 7) is 4.45. The topological polar surface area (TPSA) is 9.23 Å². The predicted octanol–water partition coefficient (Wildman–Crippen LogP) is 2.55. The molecule has 22 heavy (non-hydrogen) atoms. The largest absolute Gasteiger partial charge is 0.486 e. The van der Waals surface area contributed by atoms with Crippen LogP contribution < -0.4 is 25.9 Å². The Hall–Kier alpha value is -1.03. The van der Waals surface area contributed by atoms with Crippen LogP contribution in [0.3, 0.4) is 0 Å². The van der Waals surface area contributed by atoms with Crippen LogP contribution in [0.1, 0.15) is 46.0 Å². The van der Waals surface area contributed by atoms with Crippen molar-refractivity contribution in [3.8, 4) is 5.75 Å². The first-order valence-electron chi connectivity index (χ1n) is 8.25. The van der Waals surface area contributed by atoms with Crippen molar-refractivity contribution in [3.05, 3.63) is 61.7 Å². The Morgan fingerprint density at radius 1 is 0.909 bits per heavy atom. The van der Waals surface area contributed by atoms with Crippen LogP contribution >= 0.6 is 0 Å². The molecule has 2 heteroatoms. The van der Waals surface area contributed by atoms with Gasteiger partial charge in [-0.15, -0.1) is 0 Å². The van der Waals surface area contributed by atoms with Crippen molar-refractivity contribution in [2.45, 2.75) is 52.1 Å². The number of ether oxygens (including phenoxy) is 1. The summed E-state index contributed by atoms with van der Waals surface area (Å²) in [5, 5.41) is 0. The van der Waals surface area contributed by atoms with E-state index in [1.807, 2.05) is 0 Å². The van der Waals surface area contributed by atoms with Crippen molar-refractivity contribution in [1.82, 2.24) is 0 Å². The smallest absolute Gasteiger partial charge is 0.362 e. The van der Waals surface area contributed by atoms with E-state index in [0.29, 0.717) is 6.10 Å². The minimum absolute atomic E-state index is 0.169. The Morgan fingerprint density at radius 2 is 1.64 bits per heavy atom. The molecule has 0 bridgehead atoms. The SMILES string of the molecule is CCCCCC[C@@H](C)Oc1ccccc1[I+]c1ccccc1. The average Bonchev–Trinajstić information content (AvgIpc) is 2.54. The molecule has 0 unspecified atom stereocenters. The summed E-state index contributed by atoms with van der Waals surface area (Å²) >= 11 is -0.169. The molecule has 0 aliphatic carbocycles. The molecule has 0 saturated heterocycles. The number of hydrogen-bond donors (Lipinski definition) is 0. The van der Waals surface area contributed by atoms with Gasteiger partial charge in [-0.3, -0.25) is 0 Å². The van der Waals surface area contributed by atoms with E-state index in [1.165, 1.54) is 32.8 Å². The van der Waals surface area contributed by atoms with Gasteiger partial charge in [-0.2, -0.15) is 0 Å². The minimum atomic E-state index is -0.169. The average molecular weight is 409 g/mol. The molecule has 118 valence electrons. The zero-order chi connectivity index (χ0) is 15.6. The molecule has 0 radical (unpaired) electrons. The number of benzene rings is 2. The lowest BCUT2D eigenvalue weighted by atomic mass is 10.1. The van der Waals surface area contributed by atoms with Crippen LogP contribution in [0.15, 0.2) is 54.6 Å². The van der Waals surface area contributed by atoms with Crippen molar-refractivity contribution in [2.24, 2.45) is 0 Å². The summed E-state index contributed by atoms with van der Waals surface area (Å²) in [7, 11) is 0. The number of halogens is 1.